The second-order valence-corrected chi connectivity index (χ2v) is 3.95. The molecule has 2 heteroatoms. The molecule has 1 aromatic carbocycles. The van der Waals surface area contributed by atoms with Crippen LogP contribution in [0.5, 0.6) is 5.75 Å². The highest BCUT2D eigenvalue weighted by Crippen LogP contribution is 2.30. The highest BCUT2D eigenvalue weighted by atomic mass is 16.5. The molecule has 0 unspecified atom stereocenters. The summed E-state index contributed by atoms with van der Waals surface area (Å²) in [7, 11) is 1.62. The Balaban J connectivity index is 3.22. The van der Waals surface area contributed by atoms with E-state index in [-0.39, 0.29) is 0 Å². The van der Waals surface area contributed by atoms with Gasteiger partial charge in [-0.2, -0.15) is 0 Å². The minimum absolute atomic E-state index is 0.745. The van der Waals surface area contributed by atoms with E-state index >= 15 is 0 Å². The lowest BCUT2D eigenvalue weighted by atomic mass is 9.95. The van der Waals surface area contributed by atoms with Crippen molar-refractivity contribution in [3.05, 3.63) is 29.3 Å². The first-order valence-corrected chi connectivity index (χ1v) is 4.88. The lowest BCUT2D eigenvalue weighted by molar-refractivity contribution is 0.0755. The Labute approximate surface area is 85.5 Å². The largest absolute Gasteiger partial charge is 0.496 e. The third-order valence-corrected chi connectivity index (χ3v) is 2.33. The fourth-order valence-corrected chi connectivity index (χ4v) is 1.45. The standard InChI is InChI=1S/C12H18O2/c1-5-9-6-7-11(14-4)10(8-9)12(2,3)13/h6-8,13H,5H2,1-4H3. The van der Waals surface area contributed by atoms with E-state index in [1.165, 1.54) is 5.56 Å². The fourth-order valence-electron chi connectivity index (χ4n) is 1.45. The zero-order chi connectivity index (χ0) is 10.8. The van der Waals surface area contributed by atoms with Gasteiger partial charge >= 0.3 is 0 Å². The molecule has 0 atom stereocenters. The number of methoxy groups -OCH3 is 1. The molecule has 0 aromatic heterocycles. The van der Waals surface area contributed by atoms with Gasteiger partial charge in [-0.05, 0) is 38.0 Å². The molecule has 14 heavy (non-hydrogen) atoms. The van der Waals surface area contributed by atoms with E-state index in [4.69, 9.17) is 4.74 Å². The summed E-state index contributed by atoms with van der Waals surface area (Å²) in [6.45, 7) is 5.63. The van der Waals surface area contributed by atoms with E-state index in [0.717, 1.165) is 17.7 Å². The van der Waals surface area contributed by atoms with Gasteiger partial charge in [0.05, 0.1) is 12.7 Å². The minimum Gasteiger partial charge on any atom is -0.496 e. The van der Waals surface area contributed by atoms with Crippen LogP contribution >= 0.6 is 0 Å². The van der Waals surface area contributed by atoms with Crippen molar-refractivity contribution in [2.24, 2.45) is 0 Å². The molecule has 1 aromatic rings. The van der Waals surface area contributed by atoms with E-state index in [0.29, 0.717) is 0 Å². The Morgan fingerprint density at radius 2 is 2.00 bits per heavy atom. The number of aryl methyl sites for hydroxylation is 1. The summed E-state index contributed by atoms with van der Waals surface area (Å²) in [5.74, 6) is 0.745. The van der Waals surface area contributed by atoms with E-state index in [1.54, 1.807) is 21.0 Å². The summed E-state index contributed by atoms with van der Waals surface area (Å²) >= 11 is 0. The molecule has 0 aliphatic rings. The van der Waals surface area contributed by atoms with Gasteiger partial charge in [0.25, 0.3) is 0 Å². The molecule has 1 N–H and O–H groups in total. The van der Waals surface area contributed by atoms with Crippen molar-refractivity contribution in [2.75, 3.05) is 7.11 Å². The predicted octanol–water partition coefficient (Wildman–Crippen LogP) is 2.49. The number of rotatable bonds is 3. The van der Waals surface area contributed by atoms with Gasteiger partial charge in [0.1, 0.15) is 5.75 Å². The average molecular weight is 194 g/mol. The summed E-state index contributed by atoms with van der Waals surface area (Å²) < 4.78 is 5.21. The van der Waals surface area contributed by atoms with Gasteiger partial charge in [0, 0.05) is 5.56 Å². The lowest BCUT2D eigenvalue weighted by Crippen LogP contribution is -2.17. The van der Waals surface area contributed by atoms with E-state index < -0.39 is 5.60 Å². The third-order valence-electron chi connectivity index (χ3n) is 2.33. The molecule has 0 heterocycles. The number of ether oxygens (including phenoxy) is 1. The Morgan fingerprint density at radius 3 is 2.43 bits per heavy atom. The number of hydrogen-bond donors (Lipinski definition) is 1. The lowest BCUT2D eigenvalue weighted by Gasteiger charge is -2.21. The molecule has 0 spiro atoms. The Hall–Kier alpha value is -1.02. The van der Waals surface area contributed by atoms with Gasteiger partial charge in [0.15, 0.2) is 0 Å². The van der Waals surface area contributed by atoms with Crippen molar-refractivity contribution < 1.29 is 9.84 Å². The summed E-state index contributed by atoms with van der Waals surface area (Å²) in [6.07, 6.45) is 0.965. The van der Waals surface area contributed by atoms with E-state index in [2.05, 4.69) is 6.92 Å². The second-order valence-electron chi connectivity index (χ2n) is 3.95. The minimum atomic E-state index is -0.851. The van der Waals surface area contributed by atoms with Crippen LogP contribution in [-0.2, 0) is 12.0 Å². The van der Waals surface area contributed by atoms with Gasteiger partial charge in [-0.15, -0.1) is 0 Å². The van der Waals surface area contributed by atoms with Gasteiger partial charge in [-0.3, -0.25) is 0 Å². The first-order valence-electron chi connectivity index (χ1n) is 4.88. The molecule has 1 rings (SSSR count). The maximum Gasteiger partial charge on any atom is 0.124 e. The van der Waals surface area contributed by atoms with Crippen LogP contribution in [0.2, 0.25) is 0 Å². The molecule has 2 nitrogen and oxygen atoms in total. The van der Waals surface area contributed by atoms with E-state index in [1.807, 2.05) is 18.2 Å². The van der Waals surface area contributed by atoms with Crippen LogP contribution in [0.1, 0.15) is 31.9 Å². The molecule has 0 fully saturated rings. The zero-order valence-electron chi connectivity index (χ0n) is 9.29. The SMILES string of the molecule is CCc1ccc(OC)c(C(C)(C)O)c1. The normalized spacial score (nSPS) is 11.5. The summed E-state index contributed by atoms with van der Waals surface area (Å²) in [5.41, 5.74) is 1.21. The molecule has 0 amide bonds. The van der Waals surface area contributed by atoms with Crippen LogP contribution in [0.4, 0.5) is 0 Å². The van der Waals surface area contributed by atoms with Crippen LogP contribution in [-0.4, -0.2) is 12.2 Å². The maximum atomic E-state index is 9.94. The smallest absolute Gasteiger partial charge is 0.124 e. The van der Waals surface area contributed by atoms with Crippen LogP contribution in [0, 0.1) is 0 Å². The van der Waals surface area contributed by atoms with Gasteiger partial charge in [0.2, 0.25) is 0 Å². The predicted molar refractivity (Wildman–Crippen MR) is 57.6 cm³/mol. The Morgan fingerprint density at radius 1 is 1.36 bits per heavy atom. The quantitative estimate of drug-likeness (QED) is 0.801. The number of benzene rings is 1. The summed E-state index contributed by atoms with van der Waals surface area (Å²) in [4.78, 5) is 0. The van der Waals surface area contributed by atoms with Crippen molar-refractivity contribution >= 4 is 0 Å². The van der Waals surface area contributed by atoms with Crippen molar-refractivity contribution in [3.8, 4) is 5.75 Å². The topological polar surface area (TPSA) is 29.5 Å². The van der Waals surface area contributed by atoms with Gasteiger partial charge < -0.3 is 9.84 Å². The van der Waals surface area contributed by atoms with Crippen molar-refractivity contribution in [1.82, 2.24) is 0 Å². The van der Waals surface area contributed by atoms with Crippen molar-refractivity contribution in [1.29, 1.82) is 0 Å². The highest BCUT2D eigenvalue weighted by Gasteiger charge is 2.20. The summed E-state index contributed by atoms with van der Waals surface area (Å²) in [5, 5.41) is 9.94. The number of hydrogen-bond acceptors (Lipinski definition) is 2. The molecule has 0 bridgehead atoms. The van der Waals surface area contributed by atoms with E-state index in [9.17, 15) is 5.11 Å². The molecule has 0 saturated heterocycles. The first kappa shape index (κ1) is 11.1. The van der Waals surface area contributed by atoms with Crippen molar-refractivity contribution in [2.45, 2.75) is 32.8 Å². The summed E-state index contributed by atoms with van der Waals surface area (Å²) in [6, 6.07) is 5.93. The van der Waals surface area contributed by atoms with Crippen LogP contribution in [0.3, 0.4) is 0 Å². The molecule has 0 aliphatic carbocycles. The fraction of sp³-hybridized carbons (Fsp3) is 0.500. The molecule has 0 aliphatic heterocycles. The molecule has 0 saturated carbocycles. The van der Waals surface area contributed by atoms with Crippen molar-refractivity contribution in [3.63, 3.8) is 0 Å². The van der Waals surface area contributed by atoms with Crippen LogP contribution in [0.25, 0.3) is 0 Å². The van der Waals surface area contributed by atoms with Crippen LogP contribution in [0.15, 0.2) is 18.2 Å². The molecular weight excluding hydrogens is 176 g/mol. The van der Waals surface area contributed by atoms with Gasteiger partial charge in [-0.25, -0.2) is 0 Å². The Kier molecular flexibility index (Phi) is 3.17. The van der Waals surface area contributed by atoms with Gasteiger partial charge in [-0.1, -0.05) is 13.0 Å². The molecular formula is C12H18O2. The monoisotopic (exact) mass is 194 g/mol. The average Bonchev–Trinajstić information content (AvgIpc) is 2.15. The molecule has 78 valence electrons. The van der Waals surface area contributed by atoms with Crippen LogP contribution < -0.4 is 4.74 Å². The first-order chi connectivity index (χ1) is 6.49. The maximum absolute atomic E-state index is 9.94. The number of aliphatic hydroxyl groups is 1. The molecule has 0 radical (unpaired) electrons. The zero-order valence-corrected chi connectivity index (χ0v) is 9.29. The Bertz CT molecular complexity index is 311. The second kappa shape index (κ2) is 4.01. The third kappa shape index (κ3) is 2.26. The highest BCUT2D eigenvalue weighted by molar-refractivity contribution is 5.40.